The van der Waals surface area contributed by atoms with E-state index in [1.54, 1.807) is 0 Å². The average Bonchev–Trinajstić information content (AvgIpc) is 2.27. The molecule has 100 valence electrons. The van der Waals surface area contributed by atoms with Gasteiger partial charge in [0.25, 0.3) is 0 Å². The highest BCUT2D eigenvalue weighted by Gasteiger charge is 2.20. The summed E-state index contributed by atoms with van der Waals surface area (Å²) in [7, 11) is -1.92. The topological polar surface area (TPSA) is 84.5 Å². The van der Waals surface area contributed by atoms with E-state index in [0.717, 1.165) is 19.4 Å². The van der Waals surface area contributed by atoms with Gasteiger partial charge in [0.05, 0.1) is 12.4 Å². The predicted molar refractivity (Wildman–Crippen MR) is 64.6 cm³/mol. The van der Waals surface area contributed by atoms with Crippen LogP contribution in [0, 0.1) is 0 Å². The molecule has 1 atom stereocenters. The first-order valence-electron chi connectivity index (χ1n) is 5.73. The van der Waals surface area contributed by atoms with E-state index in [1.807, 2.05) is 0 Å². The van der Waals surface area contributed by atoms with Gasteiger partial charge in [0.2, 0.25) is 5.91 Å². The quantitative estimate of drug-likeness (QED) is 0.637. The van der Waals surface area contributed by atoms with Crippen LogP contribution < -0.4 is 10.6 Å². The van der Waals surface area contributed by atoms with Crippen LogP contribution >= 0.6 is 0 Å². The lowest BCUT2D eigenvalue weighted by Gasteiger charge is -2.23. The van der Waals surface area contributed by atoms with Gasteiger partial charge in [-0.1, -0.05) is 0 Å². The van der Waals surface area contributed by atoms with Gasteiger partial charge in [-0.3, -0.25) is 4.79 Å². The minimum atomic E-state index is -3.35. The lowest BCUT2D eigenvalue weighted by molar-refractivity contribution is -0.119. The van der Waals surface area contributed by atoms with Gasteiger partial charge in [-0.2, -0.15) is 0 Å². The van der Waals surface area contributed by atoms with Crippen molar-refractivity contribution in [3.05, 3.63) is 0 Å². The molecular formula is C10H20N2O4S. The predicted octanol–water partition coefficient (Wildman–Crippen LogP) is -1.08. The zero-order chi connectivity index (χ0) is 12.7. The molecule has 0 saturated carbocycles. The van der Waals surface area contributed by atoms with Crippen LogP contribution in [0.4, 0.5) is 0 Å². The van der Waals surface area contributed by atoms with E-state index in [0.29, 0.717) is 6.54 Å². The molecule has 0 radical (unpaired) electrons. The summed E-state index contributed by atoms with van der Waals surface area (Å²) in [4.78, 5) is 11.5. The standard InChI is InChI=1S/C10H20N2O4S/c1-16-5-6-17(14,15)8-10(13)12-9-3-2-4-11-7-9/h9,11H,2-8H2,1H3,(H,12,13)/t9-/m0/s1. The second-order valence-corrected chi connectivity index (χ2v) is 6.38. The molecule has 1 fully saturated rings. The van der Waals surface area contributed by atoms with Gasteiger partial charge in [-0.25, -0.2) is 8.42 Å². The number of sulfone groups is 1. The fraction of sp³-hybridized carbons (Fsp3) is 0.900. The Morgan fingerprint density at radius 3 is 2.88 bits per heavy atom. The molecule has 0 bridgehead atoms. The van der Waals surface area contributed by atoms with Crippen molar-refractivity contribution in [3.63, 3.8) is 0 Å². The van der Waals surface area contributed by atoms with E-state index in [9.17, 15) is 13.2 Å². The maximum Gasteiger partial charge on any atom is 0.235 e. The number of carbonyl (C=O) groups is 1. The molecule has 0 aliphatic carbocycles. The molecular weight excluding hydrogens is 244 g/mol. The van der Waals surface area contributed by atoms with Crippen LogP contribution in [0.5, 0.6) is 0 Å². The zero-order valence-electron chi connectivity index (χ0n) is 10.1. The first-order chi connectivity index (χ1) is 8.03. The summed E-state index contributed by atoms with van der Waals surface area (Å²) in [5.74, 6) is -0.984. The minimum Gasteiger partial charge on any atom is -0.384 e. The molecule has 0 spiro atoms. The summed E-state index contributed by atoms with van der Waals surface area (Å²) in [5.41, 5.74) is 0. The lowest BCUT2D eigenvalue weighted by Crippen LogP contribution is -2.47. The Morgan fingerprint density at radius 1 is 1.53 bits per heavy atom. The maximum atomic E-state index is 11.5. The first kappa shape index (κ1) is 14.4. The summed E-state index contributed by atoms with van der Waals surface area (Å²) >= 11 is 0. The third kappa shape index (κ3) is 5.99. The van der Waals surface area contributed by atoms with E-state index < -0.39 is 21.5 Å². The highest BCUT2D eigenvalue weighted by atomic mass is 32.2. The van der Waals surface area contributed by atoms with Crippen molar-refractivity contribution in [2.45, 2.75) is 18.9 Å². The smallest absolute Gasteiger partial charge is 0.235 e. The summed E-state index contributed by atoms with van der Waals surface area (Å²) in [5, 5.41) is 5.88. The molecule has 17 heavy (non-hydrogen) atoms. The molecule has 1 saturated heterocycles. The van der Waals surface area contributed by atoms with Crippen molar-refractivity contribution >= 4 is 15.7 Å². The molecule has 2 N–H and O–H groups in total. The molecule has 1 aliphatic rings. The largest absolute Gasteiger partial charge is 0.384 e. The molecule has 1 heterocycles. The van der Waals surface area contributed by atoms with E-state index in [-0.39, 0.29) is 18.4 Å². The molecule has 0 aromatic rings. The Hall–Kier alpha value is -0.660. The number of piperidine rings is 1. The highest BCUT2D eigenvalue weighted by molar-refractivity contribution is 7.92. The molecule has 0 aromatic heterocycles. The first-order valence-corrected chi connectivity index (χ1v) is 7.55. The Kier molecular flexibility index (Phi) is 5.87. The van der Waals surface area contributed by atoms with Crippen molar-refractivity contribution in [3.8, 4) is 0 Å². The van der Waals surface area contributed by atoms with Crippen molar-refractivity contribution in [1.29, 1.82) is 0 Å². The summed E-state index contributed by atoms with van der Waals surface area (Å²) in [6, 6.07) is 0.0499. The van der Waals surface area contributed by atoms with Gasteiger partial charge >= 0.3 is 0 Å². The molecule has 0 aromatic carbocycles. The number of hydrogen-bond donors (Lipinski definition) is 2. The normalized spacial score (nSPS) is 21.1. The van der Waals surface area contributed by atoms with E-state index >= 15 is 0 Å². The van der Waals surface area contributed by atoms with Crippen molar-refractivity contribution < 1.29 is 17.9 Å². The van der Waals surface area contributed by atoms with Gasteiger partial charge in [0, 0.05) is 19.7 Å². The molecule has 0 unspecified atom stereocenters. The second kappa shape index (κ2) is 6.93. The summed E-state index contributed by atoms with van der Waals surface area (Å²) < 4.78 is 27.7. The molecule has 7 heteroatoms. The van der Waals surface area contributed by atoms with Crippen molar-refractivity contribution in [2.75, 3.05) is 38.3 Å². The average molecular weight is 264 g/mol. The van der Waals surface area contributed by atoms with Crippen molar-refractivity contribution in [1.82, 2.24) is 10.6 Å². The van der Waals surface area contributed by atoms with Crippen molar-refractivity contribution in [2.24, 2.45) is 0 Å². The van der Waals surface area contributed by atoms with Crippen LogP contribution in [0.25, 0.3) is 0 Å². The van der Waals surface area contributed by atoms with E-state index in [1.165, 1.54) is 7.11 Å². The Bertz CT molecular complexity index is 336. The fourth-order valence-electron chi connectivity index (χ4n) is 1.73. The monoisotopic (exact) mass is 264 g/mol. The Labute approximate surface area is 102 Å². The summed E-state index contributed by atoms with van der Waals surface area (Å²) in [6.45, 7) is 1.79. The van der Waals surface area contributed by atoms with Crippen LogP contribution in [0.1, 0.15) is 12.8 Å². The second-order valence-electron chi connectivity index (χ2n) is 4.20. The van der Waals surface area contributed by atoms with Crippen LogP contribution in [-0.2, 0) is 19.4 Å². The van der Waals surface area contributed by atoms with Gasteiger partial charge in [-0.15, -0.1) is 0 Å². The number of hydrogen-bond acceptors (Lipinski definition) is 5. The zero-order valence-corrected chi connectivity index (χ0v) is 10.9. The fourth-order valence-corrected chi connectivity index (χ4v) is 2.77. The van der Waals surface area contributed by atoms with Crippen LogP contribution in [0.15, 0.2) is 0 Å². The van der Waals surface area contributed by atoms with E-state index in [2.05, 4.69) is 15.4 Å². The SMILES string of the molecule is COCCS(=O)(=O)CC(=O)N[C@H]1CCCNC1. The number of methoxy groups -OCH3 is 1. The number of ether oxygens (including phenoxy) is 1. The Morgan fingerprint density at radius 2 is 2.29 bits per heavy atom. The van der Waals surface area contributed by atoms with E-state index in [4.69, 9.17) is 0 Å². The maximum absolute atomic E-state index is 11.5. The molecule has 1 rings (SSSR count). The molecule has 6 nitrogen and oxygen atoms in total. The van der Waals surface area contributed by atoms with Gasteiger partial charge in [0.1, 0.15) is 5.75 Å². The van der Waals surface area contributed by atoms with Crippen LogP contribution in [-0.4, -0.2) is 58.7 Å². The highest BCUT2D eigenvalue weighted by Crippen LogP contribution is 2.01. The van der Waals surface area contributed by atoms with Gasteiger partial charge in [-0.05, 0) is 19.4 Å². The minimum absolute atomic E-state index is 0.0499. The van der Waals surface area contributed by atoms with Gasteiger partial charge < -0.3 is 15.4 Å². The van der Waals surface area contributed by atoms with Crippen LogP contribution in [0.2, 0.25) is 0 Å². The van der Waals surface area contributed by atoms with Crippen LogP contribution in [0.3, 0.4) is 0 Å². The Balaban J connectivity index is 2.32. The number of nitrogens with one attached hydrogen (secondary N) is 2. The number of carbonyl (C=O) groups excluding carboxylic acids is 1. The lowest BCUT2D eigenvalue weighted by atomic mass is 10.1. The third-order valence-corrected chi connectivity index (χ3v) is 4.10. The molecule has 1 amide bonds. The van der Waals surface area contributed by atoms with Gasteiger partial charge in [0.15, 0.2) is 9.84 Å². The summed E-state index contributed by atoms with van der Waals surface area (Å²) in [6.07, 6.45) is 1.90. The number of rotatable bonds is 6. The number of amides is 1. The third-order valence-electron chi connectivity index (χ3n) is 2.61. The molecule has 1 aliphatic heterocycles.